The molecule has 5 fully saturated rings. The lowest BCUT2D eigenvalue weighted by Crippen LogP contribution is -2.66. The van der Waals surface area contributed by atoms with Crippen LogP contribution in [0.4, 0.5) is 0 Å². The second-order valence-corrected chi connectivity index (χ2v) is 17.1. The van der Waals surface area contributed by atoms with Gasteiger partial charge < -0.3 is 35.0 Å². The molecule has 5 rings (SSSR count). The average Bonchev–Trinajstić information content (AvgIpc) is 3.33. The van der Waals surface area contributed by atoms with Crippen LogP contribution >= 0.6 is 0 Å². The number of carbonyl (C=O) groups is 1. The molecule has 0 radical (unpaired) electrons. The minimum Gasteiger partial charge on any atom is -0.394 e. The highest BCUT2D eigenvalue weighted by molar-refractivity contribution is 5.84. The van der Waals surface area contributed by atoms with Crippen molar-refractivity contribution in [3.05, 3.63) is 11.6 Å². The standard InChI is InChI=1S/C36H60O8/c1-20(2)10-9-14-36(8,44-31-30(42)29(41)28(40)23(19-37)43-31)21-11-16-35(7)27(21)22(38)18-25-33(5)15-13-26(39)32(3,4)24(33)12-17-34(25,35)6/h10,21,23-31,37,39-42H,9,11-19H2,1-8H3/t21?,23?,24?,25?,26-,27?,28+,29?,30?,31-,33-,34+,35+,36?/m0/s1. The zero-order valence-corrected chi connectivity index (χ0v) is 28.4. The van der Waals surface area contributed by atoms with E-state index in [-0.39, 0.29) is 45.5 Å². The van der Waals surface area contributed by atoms with E-state index in [4.69, 9.17) is 9.47 Å². The number of allylic oxidation sites excluding steroid dienone is 2. The van der Waals surface area contributed by atoms with Crippen molar-refractivity contribution >= 4 is 5.78 Å². The number of aliphatic hydroxyl groups is 5. The van der Waals surface area contributed by atoms with E-state index in [0.717, 1.165) is 44.9 Å². The van der Waals surface area contributed by atoms with Gasteiger partial charge in [-0.2, -0.15) is 0 Å². The highest BCUT2D eigenvalue weighted by Crippen LogP contribution is 2.75. The first-order chi connectivity index (χ1) is 20.4. The molecular weight excluding hydrogens is 560 g/mol. The third kappa shape index (κ3) is 5.09. The Balaban J connectivity index is 1.49. The summed E-state index contributed by atoms with van der Waals surface area (Å²) in [5.41, 5.74) is -0.159. The number of carbonyl (C=O) groups excluding carboxylic acids is 1. The van der Waals surface area contributed by atoms with Crippen LogP contribution in [-0.2, 0) is 14.3 Å². The summed E-state index contributed by atoms with van der Waals surface area (Å²) in [6.45, 7) is 17.2. The molecule has 0 amide bonds. The zero-order chi connectivity index (χ0) is 32.6. The van der Waals surface area contributed by atoms with Crippen LogP contribution in [-0.4, -0.2) is 80.3 Å². The van der Waals surface area contributed by atoms with Crippen molar-refractivity contribution in [3.63, 3.8) is 0 Å². The Bertz CT molecular complexity index is 1120. The number of ether oxygens (including phenoxy) is 2. The Morgan fingerprint density at radius 1 is 0.932 bits per heavy atom. The largest absolute Gasteiger partial charge is 0.394 e. The van der Waals surface area contributed by atoms with Gasteiger partial charge in [0.05, 0.1) is 18.3 Å². The molecule has 5 N–H and O–H groups in total. The number of hydrogen-bond acceptors (Lipinski definition) is 8. The van der Waals surface area contributed by atoms with Gasteiger partial charge in [0, 0.05) is 12.3 Å². The Morgan fingerprint density at radius 3 is 2.23 bits per heavy atom. The molecular formula is C36H60O8. The number of hydrogen-bond donors (Lipinski definition) is 5. The monoisotopic (exact) mass is 620 g/mol. The molecule has 0 bridgehead atoms. The second kappa shape index (κ2) is 11.7. The minimum atomic E-state index is -1.52. The number of fused-ring (bicyclic) bond motifs is 5. The first kappa shape index (κ1) is 34.5. The number of rotatable bonds is 7. The molecule has 0 aromatic rings. The van der Waals surface area contributed by atoms with Crippen molar-refractivity contribution in [3.8, 4) is 0 Å². The molecule has 1 aliphatic heterocycles. The Kier molecular flexibility index (Phi) is 9.15. The van der Waals surface area contributed by atoms with Crippen LogP contribution < -0.4 is 0 Å². The summed E-state index contributed by atoms with van der Waals surface area (Å²) in [6, 6.07) is 0. The topological polar surface area (TPSA) is 137 Å². The minimum absolute atomic E-state index is 0.0168. The molecule has 44 heavy (non-hydrogen) atoms. The normalized spacial score (nSPS) is 49.8. The lowest BCUT2D eigenvalue weighted by molar-refractivity contribution is -0.333. The highest BCUT2D eigenvalue weighted by atomic mass is 16.7. The maximum absolute atomic E-state index is 14.6. The van der Waals surface area contributed by atoms with E-state index < -0.39 is 42.9 Å². The molecule has 1 heterocycles. The van der Waals surface area contributed by atoms with Gasteiger partial charge in [-0.25, -0.2) is 0 Å². The van der Waals surface area contributed by atoms with Crippen LogP contribution in [0, 0.1) is 45.3 Å². The number of ketones is 1. The second-order valence-electron chi connectivity index (χ2n) is 17.1. The first-order valence-electron chi connectivity index (χ1n) is 17.2. The molecule has 0 aromatic heterocycles. The number of Topliss-reactive ketones (excluding diaryl/α,β-unsaturated/α-hetero) is 1. The summed E-state index contributed by atoms with van der Waals surface area (Å²) in [6.07, 6.45) is 2.44. The van der Waals surface area contributed by atoms with Crippen molar-refractivity contribution < 1.29 is 39.8 Å². The fourth-order valence-electron chi connectivity index (χ4n) is 11.5. The van der Waals surface area contributed by atoms with Crippen LogP contribution in [0.25, 0.3) is 0 Å². The maximum Gasteiger partial charge on any atom is 0.187 e. The van der Waals surface area contributed by atoms with Crippen LogP contribution in [0.15, 0.2) is 11.6 Å². The van der Waals surface area contributed by atoms with Crippen LogP contribution in [0.1, 0.15) is 113 Å². The summed E-state index contributed by atoms with van der Waals surface area (Å²) in [5, 5.41) is 52.7. The average molecular weight is 621 g/mol. The molecule has 8 nitrogen and oxygen atoms in total. The highest BCUT2D eigenvalue weighted by Gasteiger charge is 2.71. The number of aliphatic hydroxyl groups excluding tert-OH is 5. The van der Waals surface area contributed by atoms with E-state index in [1.807, 2.05) is 6.92 Å². The van der Waals surface area contributed by atoms with Gasteiger partial charge in [0.1, 0.15) is 30.2 Å². The quantitative estimate of drug-likeness (QED) is 0.262. The molecule has 0 aromatic carbocycles. The van der Waals surface area contributed by atoms with Gasteiger partial charge in [0.15, 0.2) is 6.29 Å². The van der Waals surface area contributed by atoms with E-state index in [0.29, 0.717) is 24.5 Å². The molecule has 0 spiro atoms. The van der Waals surface area contributed by atoms with Crippen LogP contribution in [0.5, 0.6) is 0 Å². The van der Waals surface area contributed by atoms with E-state index >= 15 is 0 Å². The van der Waals surface area contributed by atoms with E-state index in [1.54, 1.807) is 0 Å². The third-order valence-electron chi connectivity index (χ3n) is 14.4. The maximum atomic E-state index is 14.6. The molecule has 14 atom stereocenters. The SMILES string of the molecule is CC(C)=CCCC(C)(O[C@@H]1OC(CO)[C@@H](O)C(O)C1O)C1CC[C@]2(C)C1C(=O)CC1[C@@]3(C)CC[C@H](O)C(C)(C)C3CC[C@]12C. The van der Waals surface area contributed by atoms with Gasteiger partial charge in [-0.05, 0) is 112 Å². The fraction of sp³-hybridized carbons (Fsp3) is 0.917. The van der Waals surface area contributed by atoms with Crippen molar-refractivity contribution in [2.24, 2.45) is 45.3 Å². The van der Waals surface area contributed by atoms with Crippen molar-refractivity contribution in [1.82, 2.24) is 0 Å². The summed E-state index contributed by atoms with van der Waals surface area (Å²) < 4.78 is 12.6. The summed E-state index contributed by atoms with van der Waals surface area (Å²) in [7, 11) is 0. The van der Waals surface area contributed by atoms with E-state index in [1.165, 1.54) is 5.57 Å². The van der Waals surface area contributed by atoms with E-state index in [2.05, 4.69) is 54.5 Å². The molecule has 5 aliphatic rings. The van der Waals surface area contributed by atoms with Gasteiger partial charge in [-0.3, -0.25) is 4.79 Å². The molecule has 8 unspecified atom stereocenters. The van der Waals surface area contributed by atoms with Crippen LogP contribution in [0.2, 0.25) is 0 Å². The van der Waals surface area contributed by atoms with E-state index in [9.17, 15) is 30.3 Å². The molecule has 8 heteroatoms. The van der Waals surface area contributed by atoms with Crippen LogP contribution in [0.3, 0.4) is 0 Å². The molecule has 252 valence electrons. The van der Waals surface area contributed by atoms with Gasteiger partial charge in [0.25, 0.3) is 0 Å². The van der Waals surface area contributed by atoms with Gasteiger partial charge in [-0.15, -0.1) is 0 Å². The Labute approximate surface area is 264 Å². The summed E-state index contributed by atoms with van der Waals surface area (Å²) in [5.74, 6) is 0.579. The van der Waals surface area contributed by atoms with Gasteiger partial charge in [-0.1, -0.05) is 46.3 Å². The lowest BCUT2D eigenvalue weighted by atomic mass is 9.35. The first-order valence-corrected chi connectivity index (χ1v) is 17.2. The predicted octanol–water partition coefficient (Wildman–Crippen LogP) is 4.53. The smallest absolute Gasteiger partial charge is 0.187 e. The summed E-state index contributed by atoms with van der Waals surface area (Å²) in [4.78, 5) is 14.6. The van der Waals surface area contributed by atoms with Gasteiger partial charge >= 0.3 is 0 Å². The predicted molar refractivity (Wildman–Crippen MR) is 167 cm³/mol. The Hall–Kier alpha value is -0.870. The molecule has 1 saturated heterocycles. The Morgan fingerprint density at radius 2 is 1.59 bits per heavy atom. The van der Waals surface area contributed by atoms with Gasteiger partial charge in [0.2, 0.25) is 0 Å². The van der Waals surface area contributed by atoms with Crippen molar-refractivity contribution in [2.75, 3.05) is 6.61 Å². The molecule has 4 aliphatic carbocycles. The molecule has 4 saturated carbocycles. The third-order valence-corrected chi connectivity index (χ3v) is 14.4. The lowest BCUT2D eigenvalue weighted by Gasteiger charge is -2.69. The summed E-state index contributed by atoms with van der Waals surface area (Å²) >= 11 is 0. The van der Waals surface area contributed by atoms with Crippen molar-refractivity contribution in [1.29, 1.82) is 0 Å². The fourth-order valence-corrected chi connectivity index (χ4v) is 11.5. The van der Waals surface area contributed by atoms with Crippen molar-refractivity contribution in [2.45, 2.75) is 156 Å². The zero-order valence-electron chi connectivity index (χ0n) is 28.4.